The Labute approximate surface area is 301 Å². The second kappa shape index (κ2) is 20.5. The third-order valence-corrected chi connectivity index (χ3v) is 7.13. The van der Waals surface area contributed by atoms with Crippen molar-refractivity contribution in [3.05, 3.63) is 129 Å². The molecule has 0 aliphatic rings. The maximum atomic E-state index is 11.9. The number of carbonyl (C=O) groups excluding carboxylic acids is 4. The van der Waals surface area contributed by atoms with Crippen LogP contribution in [0.5, 0.6) is 0 Å². The summed E-state index contributed by atoms with van der Waals surface area (Å²) in [6.45, 7) is 5.28. The first-order valence-corrected chi connectivity index (χ1v) is 17.2. The largest absolute Gasteiger partial charge is 0.465 e. The number of aryl methyl sites for hydroxylation is 2. The van der Waals surface area contributed by atoms with Crippen LogP contribution in [0.15, 0.2) is 84.9 Å². The van der Waals surface area contributed by atoms with E-state index in [1.165, 1.54) is 51.7 Å². The maximum absolute atomic E-state index is 11.9. The standard InChI is InChI=1S/C19H21NO4.C18H19NO4.CH3I/c1-13-5-7-14(8-6-13)12-20(2)17-10-15(18(21)23-3)9-16(11-17)19(22)24-4;1-12-4-6-13(7-5-12)11-19-16-9-14(17(20)22-2)8-15(10-16)18(21)23-3;1-2/h5-11H,12H2,1-4H3;4-10,19H,11H2,1-3H3;1H3. The molecule has 11 heteroatoms. The van der Waals surface area contributed by atoms with Gasteiger partial charge in [-0.2, -0.15) is 0 Å². The number of hydrogen-bond acceptors (Lipinski definition) is 10. The molecule has 0 heterocycles. The molecule has 4 aromatic rings. The quantitative estimate of drug-likeness (QED) is 0.0753. The van der Waals surface area contributed by atoms with Gasteiger partial charge in [0.1, 0.15) is 0 Å². The van der Waals surface area contributed by atoms with E-state index in [1.807, 2.05) is 67.1 Å². The van der Waals surface area contributed by atoms with Crippen molar-refractivity contribution in [3.8, 4) is 0 Å². The van der Waals surface area contributed by atoms with Gasteiger partial charge in [-0.1, -0.05) is 82.2 Å². The summed E-state index contributed by atoms with van der Waals surface area (Å²) in [4.78, 5) is 51.1. The molecule has 49 heavy (non-hydrogen) atoms. The summed E-state index contributed by atoms with van der Waals surface area (Å²) in [5.41, 5.74) is 7.20. The lowest BCUT2D eigenvalue weighted by Crippen LogP contribution is -2.18. The van der Waals surface area contributed by atoms with E-state index in [2.05, 4.69) is 40.0 Å². The van der Waals surface area contributed by atoms with Gasteiger partial charge in [0, 0.05) is 31.5 Å². The number of esters is 4. The molecular weight excluding hydrogens is 739 g/mol. The van der Waals surface area contributed by atoms with Gasteiger partial charge in [-0.05, 0) is 66.3 Å². The highest BCUT2D eigenvalue weighted by molar-refractivity contribution is 14.1. The van der Waals surface area contributed by atoms with E-state index in [9.17, 15) is 19.2 Å². The fourth-order valence-electron chi connectivity index (χ4n) is 4.47. The van der Waals surface area contributed by atoms with Crippen molar-refractivity contribution in [2.75, 3.05) is 50.6 Å². The smallest absolute Gasteiger partial charge is 0.337 e. The number of ether oxygens (including phenoxy) is 4. The molecule has 0 bridgehead atoms. The van der Waals surface area contributed by atoms with Crippen LogP contribution in [0.3, 0.4) is 0 Å². The van der Waals surface area contributed by atoms with Gasteiger partial charge < -0.3 is 29.2 Å². The van der Waals surface area contributed by atoms with Crippen molar-refractivity contribution >= 4 is 57.8 Å². The first-order valence-electron chi connectivity index (χ1n) is 15.0. The zero-order valence-corrected chi connectivity index (χ0v) is 31.2. The molecule has 260 valence electrons. The van der Waals surface area contributed by atoms with Gasteiger partial charge in [-0.3, -0.25) is 0 Å². The van der Waals surface area contributed by atoms with Gasteiger partial charge in [0.25, 0.3) is 0 Å². The number of rotatable bonds is 10. The second-order valence-corrected chi connectivity index (χ2v) is 10.7. The van der Waals surface area contributed by atoms with Crippen molar-refractivity contribution in [1.82, 2.24) is 0 Å². The Morgan fingerprint density at radius 2 is 0.918 bits per heavy atom. The first-order chi connectivity index (χ1) is 23.5. The average molecular weight is 783 g/mol. The molecule has 0 aromatic heterocycles. The normalized spacial score (nSPS) is 9.82. The van der Waals surface area contributed by atoms with Crippen LogP contribution in [0.25, 0.3) is 0 Å². The second-order valence-electron chi connectivity index (χ2n) is 10.7. The van der Waals surface area contributed by atoms with Crippen LogP contribution in [0.2, 0.25) is 0 Å². The summed E-state index contributed by atoms with van der Waals surface area (Å²) in [7, 11) is 7.11. The molecule has 0 atom stereocenters. The number of nitrogens with zero attached hydrogens (tertiary/aromatic N) is 1. The highest BCUT2D eigenvalue weighted by atomic mass is 127. The molecule has 0 aliphatic heterocycles. The van der Waals surface area contributed by atoms with Crippen LogP contribution in [-0.4, -0.2) is 64.3 Å². The Balaban J connectivity index is 0.000000324. The van der Waals surface area contributed by atoms with Crippen molar-refractivity contribution in [2.24, 2.45) is 0 Å². The highest BCUT2D eigenvalue weighted by Gasteiger charge is 2.16. The minimum Gasteiger partial charge on any atom is -0.465 e. The molecule has 1 N–H and O–H groups in total. The number of carbonyl (C=O) groups is 4. The topological polar surface area (TPSA) is 120 Å². The Hall–Kier alpha value is -4.91. The van der Waals surface area contributed by atoms with E-state index in [-0.39, 0.29) is 0 Å². The Kier molecular flexibility index (Phi) is 16.8. The average Bonchev–Trinajstić information content (AvgIpc) is 3.14. The lowest BCUT2D eigenvalue weighted by molar-refractivity contribution is 0.0581. The molecule has 0 aliphatic carbocycles. The molecule has 0 saturated heterocycles. The van der Waals surface area contributed by atoms with E-state index in [4.69, 9.17) is 18.9 Å². The zero-order chi connectivity index (χ0) is 36.5. The van der Waals surface area contributed by atoms with Crippen LogP contribution in [0.4, 0.5) is 11.4 Å². The Morgan fingerprint density at radius 3 is 1.29 bits per heavy atom. The number of halogens is 1. The summed E-state index contributed by atoms with van der Waals surface area (Å²) < 4.78 is 19.0. The number of alkyl halides is 1. The summed E-state index contributed by atoms with van der Waals surface area (Å²) >= 11 is 2.15. The molecule has 0 fully saturated rings. The monoisotopic (exact) mass is 782 g/mol. The van der Waals surface area contributed by atoms with Gasteiger partial charge >= 0.3 is 23.9 Å². The summed E-state index contributed by atoms with van der Waals surface area (Å²) in [5, 5.41) is 3.20. The van der Waals surface area contributed by atoms with Gasteiger partial charge in [0.05, 0.1) is 50.7 Å². The third kappa shape index (κ3) is 12.6. The number of anilines is 2. The molecule has 4 aromatic carbocycles. The van der Waals surface area contributed by atoms with Crippen molar-refractivity contribution in [1.29, 1.82) is 0 Å². The maximum Gasteiger partial charge on any atom is 0.337 e. The van der Waals surface area contributed by atoms with Crippen LogP contribution in [0, 0.1) is 13.8 Å². The van der Waals surface area contributed by atoms with Gasteiger partial charge in [0.2, 0.25) is 0 Å². The molecule has 4 rings (SSSR count). The summed E-state index contributed by atoms with van der Waals surface area (Å²) in [6, 6.07) is 25.9. The van der Waals surface area contributed by atoms with E-state index < -0.39 is 23.9 Å². The fourth-order valence-corrected chi connectivity index (χ4v) is 4.47. The minimum atomic E-state index is -0.505. The number of methoxy groups -OCH3 is 4. The predicted octanol–water partition coefficient (Wildman–Crippen LogP) is 7.44. The lowest BCUT2D eigenvalue weighted by atomic mass is 10.1. The zero-order valence-electron chi connectivity index (χ0n) is 29.1. The van der Waals surface area contributed by atoms with E-state index in [0.29, 0.717) is 41.0 Å². The lowest BCUT2D eigenvalue weighted by Gasteiger charge is -2.21. The first kappa shape index (κ1) is 40.3. The van der Waals surface area contributed by atoms with Gasteiger partial charge in [-0.15, -0.1) is 0 Å². The minimum absolute atomic E-state index is 0.293. The van der Waals surface area contributed by atoms with Crippen LogP contribution >= 0.6 is 22.6 Å². The molecular formula is C38H43IN2O8. The van der Waals surface area contributed by atoms with Crippen molar-refractivity contribution in [2.45, 2.75) is 26.9 Å². The number of nitrogens with one attached hydrogen (secondary N) is 1. The SMILES string of the molecule is CI.COC(=O)c1cc(C(=O)OC)cc(N(C)Cc2ccc(C)cc2)c1.COC(=O)c1cc(NCc2ccc(C)cc2)cc(C(=O)OC)c1. The van der Waals surface area contributed by atoms with Crippen LogP contribution in [0.1, 0.15) is 63.7 Å². The van der Waals surface area contributed by atoms with E-state index in [0.717, 1.165) is 16.8 Å². The van der Waals surface area contributed by atoms with Gasteiger partial charge in [-0.25, -0.2) is 19.2 Å². The van der Waals surface area contributed by atoms with E-state index >= 15 is 0 Å². The van der Waals surface area contributed by atoms with Crippen LogP contribution in [-0.2, 0) is 32.0 Å². The molecule has 0 spiro atoms. The molecule has 0 radical (unpaired) electrons. The van der Waals surface area contributed by atoms with Crippen LogP contribution < -0.4 is 10.2 Å². The third-order valence-electron chi connectivity index (χ3n) is 7.13. The Morgan fingerprint density at radius 1 is 0.571 bits per heavy atom. The summed E-state index contributed by atoms with van der Waals surface area (Å²) in [5.74, 6) is -2.00. The number of benzene rings is 4. The molecule has 10 nitrogen and oxygen atoms in total. The van der Waals surface area contributed by atoms with Crippen molar-refractivity contribution in [3.63, 3.8) is 0 Å². The van der Waals surface area contributed by atoms with Crippen molar-refractivity contribution < 1.29 is 38.1 Å². The number of hydrogen-bond donors (Lipinski definition) is 1. The summed E-state index contributed by atoms with van der Waals surface area (Å²) in [6.07, 6.45) is 0. The van der Waals surface area contributed by atoms with Gasteiger partial charge in [0.15, 0.2) is 0 Å². The highest BCUT2D eigenvalue weighted by Crippen LogP contribution is 2.22. The van der Waals surface area contributed by atoms with E-state index in [1.54, 1.807) is 24.3 Å². The fraction of sp³-hybridized carbons (Fsp3) is 0.263. The Bertz CT molecular complexity index is 1640. The molecule has 0 unspecified atom stereocenters. The molecule has 0 amide bonds. The predicted molar refractivity (Wildman–Crippen MR) is 200 cm³/mol. The molecule has 0 saturated carbocycles.